The summed E-state index contributed by atoms with van der Waals surface area (Å²) in [5.74, 6) is -0.630. The Bertz CT molecular complexity index is 308. The van der Waals surface area contributed by atoms with E-state index in [4.69, 9.17) is 4.74 Å². The predicted octanol–water partition coefficient (Wildman–Crippen LogP) is 1.72. The van der Waals surface area contributed by atoms with Crippen molar-refractivity contribution < 1.29 is 23.9 Å². The second kappa shape index (κ2) is 6.98. The van der Waals surface area contributed by atoms with E-state index < -0.39 is 23.7 Å². The van der Waals surface area contributed by atoms with E-state index in [-0.39, 0.29) is 0 Å². The van der Waals surface area contributed by atoms with Crippen molar-refractivity contribution in [1.29, 1.82) is 0 Å². The molecule has 104 valence electrons. The molecular weight excluding hydrogens is 238 g/mol. The SMILES string of the molecule is CCCC(C(=O)OC)N(C=O)C(=O)OC(C)(C)C. The van der Waals surface area contributed by atoms with Crippen molar-refractivity contribution in [2.45, 2.75) is 52.2 Å². The van der Waals surface area contributed by atoms with Crippen molar-refractivity contribution in [3.05, 3.63) is 0 Å². The van der Waals surface area contributed by atoms with Crippen LogP contribution in [-0.2, 0) is 19.1 Å². The van der Waals surface area contributed by atoms with Gasteiger partial charge in [0.15, 0.2) is 0 Å². The smallest absolute Gasteiger partial charge is 0.417 e. The van der Waals surface area contributed by atoms with Crippen LogP contribution in [0.3, 0.4) is 0 Å². The summed E-state index contributed by atoms with van der Waals surface area (Å²) in [6.45, 7) is 6.89. The average molecular weight is 259 g/mol. The highest BCUT2D eigenvalue weighted by Gasteiger charge is 2.32. The van der Waals surface area contributed by atoms with Crippen LogP contribution in [0.25, 0.3) is 0 Å². The van der Waals surface area contributed by atoms with Crippen molar-refractivity contribution >= 4 is 18.5 Å². The summed E-state index contributed by atoms with van der Waals surface area (Å²) in [4.78, 5) is 35.1. The number of esters is 1. The van der Waals surface area contributed by atoms with Gasteiger partial charge in [-0.15, -0.1) is 0 Å². The number of amides is 2. The second-order valence-electron chi connectivity index (χ2n) is 4.82. The highest BCUT2D eigenvalue weighted by molar-refractivity contribution is 5.88. The molecule has 1 unspecified atom stereocenters. The monoisotopic (exact) mass is 259 g/mol. The van der Waals surface area contributed by atoms with Crippen LogP contribution in [-0.4, -0.2) is 42.1 Å². The first-order valence-electron chi connectivity index (χ1n) is 5.81. The summed E-state index contributed by atoms with van der Waals surface area (Å²) in [6, 6.07) is -0.938. The predicted molar refractivity (Wildman–Crippen MR) is 64.8 cm³/mol. The zero-order valence-electron chi connectivity index (χ0n) is 11.6. The van der Waals surface area contributed by atoms with Crippen LogP contribution in [0.5, 0.6) is 0 Å². The number of methoxy groups -OCH3 is 1. The molecule has 0 spiro atoms. The van der Waals surface area contributed by atoms with Crippen LogP contribution in [0.15, 0.2) is 0 Å². The number of ether oxygens (including phenoxy) is 2. The molecule has 0 aromatic carbocycles. The van der Waals surface area contributed by atoms with Crippen LogP contribution in [0.2, 0.25) is 0 Å². The number of hydrogen-bond donors (Lipinski definition) is 0. The Morgan fingerprint density at radius 2 is 1.89 bits per heavy atom. The molecule has 6 heteroatoms. The molecule has 0 aromatic heterocycles. The van der Waals surface area contributed by atoms with Gasteiger partial charge >= 0.3 is 12.1 Å². The van der Waals surface area contributed by atoms with Gasteiger partial charge in [-0.1, -0.05) is 13.3 Å². The molecule has 0 aromatic rings. The van der Waals surface area contributed by atoms with Crippen molar-refractivity contribution in [1.82, 2.24) is 4.90 Å². The first kappa shape index (κ1) is 16.4. The average Bonchev–Trinajstić information content (AvgIpc) is 2.25. The molecule has 0 fully saturated rings. The zero-order chi connectivity index (χ0) is 14.3. The van der Waals surface area contributed by atoms with Gasteiger partial charge < -0.3 is 9.47 Å². The fourth-order valence-electron chi connectivity index (χ4n) is 1.34. The van der Waals surface area contributed by atoms with Crippen LogP contribution in [0, 0.1) is 0 Å². The van der Waals surface area contributed by atoms with E-state index in [2.05, 4.69) is 4.74 Å². The molecule has 0 saturated heterocycles. The fraction of sp³-hybridized carbons (Fsp3) is 0.750. The van der Waals surface area contributed by atoms with E-state index in [1.165, 1.54) is 7.11 Å². The summed E-state index contributed by atoms with van der Waals surface area (Å²) in [6.07, 6.45) is 0.421. The van der Waals surface area contributed by atoms with Crippen LogP contribution in [0.1, 0.15) is 40.5 Å². The Hall–Kier alpha value is -1.59. The summed E-state index contributed by atoms with van der Waals surface area (Å²) >= 11 is 0. The van der Waals surface area contributed by atoms with Gasteiger partial charge in [-0.25, -0.2) is 14.5 Å². The molecule has 0 aliphatic rings. The number of carbonyl (C=O) groups excluding carboxylic acids is 3. The van der Waals surface area contributed by atoms with Gasteiger partial charge in [-0.2, -0.15) is 0 Å². The molecular formula is C12H21NO5. The van der Waals surface area contributed by atoms with Gasteiger partial charge in [0.1, 0.15) is 11.6 Å². The minimum absolute atomic E-state index is 0.297. The quantitative estimate of drug-likeness (QED) is 0.555. The van der Waals surface area contributed by atoms with Crippen LogP contribution in [0.4, 0.5) is 4.79 Å². The Morgan fingerprint density at radius 1 is 1.33 bits per heavy atom. The molecule has 0 N–H and O–H groups in total. The maximum atomic E-state index is 11.8. The Kier molecular flexibility index (Phi) is 6.36. The first-order chi connectivity index (χ1) is 8.26. The molecule has 0 bridgehead atoms. The number of rotatable bonds is 5. The standard InChI is InChI=1S/C12H21NO5/c1-6-7-9(10(15)17-5)13(8-14)11(16)18-12(2,3)4/h8-9H,6-7H2,1-5H3. The van der Waals surface area contributed by atoms with E-state index in [0.29, 0.717) is 19.3 Å². The van der Waals surface area contributed by atoms with Gasteiger partial charge in [0.2, 0.25) is 6.41 Å². The molecule has 18 heavy (non-hydrogen) atoms. The van der Waals surface area contributed by atoms with Gasteiger partial charge in [0.05, 0.1) is 7.11 Å². The third-order valence-corrected chi connectivity index (χ3v) is 2.09. The molecule has 0 radical (unpaired) electrons. The number of hydrogen-bond acceptors (Lipinski definition) is 5. The van der Waals surface area contributed by atoms with Crippen LogP contribution < -0.4 is 0 Å². The lowest BCUT2D eigenvalue weighted by molar-refractivity contribution is -0.149. The molecule has 0 heterocycles. The van der Waals surface area contributed by atoms with E-state index in [0.717, 1.165) is 4.90 Å². The largest absolute Gasteiger partial charge is 0.467 e. The van der Waals surface area contributed by atoms with E-state index in [1.54, 1.807) is 20.8 Å². The minimum atomic E-state index is -0.938. The molecule has 0 saturated carbocycles. The number of imide groups is 1. The van der Waals surface area contributed by atoms with Gasteiger partial charge in [0.25, 0.3) is 0 Å². The molecule has 0 aliphatic heterocycles. The summed E-state index contributed by atoms with van der Waals surface area (Å²) in [5, 5.41) is 0. The van der Waals surface area contributed by atoms with E-state index >= 15 is 0 Å². The minimum Gasteiger partial charge on any atom is -0.467 e. The van der Waals surface area contributed by atoms with E-state index in [1.807, 2.05) is 6.92 Å². The molecule has 6 nitrogen and oxygen atoms in total. The molecule has 1 atom stereocenters. The maximum Gasteiger partial charge on any atom is 0.417 e. The maximum absolute atomic E-state index is 11.8. The lowest BCUT2D eigenvalue weighted by Crippen LogP contribution is -2.46. The summed E-state index contributed by atoms with van der Waals surface area (Å²) < 4.78 is 9.64. The van der Waals surface area contributed by atoms with Crippen LogP contribution >= 0.6 is 0 Å². The van der Waals surface area contributed by atoms with Crippen molar-refractivity contribution in [2.24, 2.45) is 0 Å². The third-order valence-electron chi connectivity index (χ3n) is 2.09. The summed E-state index contributed by atoms with van der Waals surface area (Å²) in [7, 11) is 1.21. The zero-order valence-corrected chi connectivity index (χ0v) is 11.6. The highest BCUT2D eigenvalue weighted by atomic mass is 16.6. The normalized spacial score (nSPS) is 12.5. The number of nitrogens with zero attached hydrogens (tertiary/aromatic N) is 1. The number of carbonyl (C=O) groups is 3. The first-order valence-corrected chi connectivity index (χ1v) is 5.81. The van der Waals surface area contributed by atoms with Crippen molar-refractivity contribution in [3.8, 4) is 0 Å². The Balaban J connectivity index is 4.95. The van der Waals surface area contributed by atoms with Gasteiger partial charge in [-0.3, -0.25) is 4.79 Å². The third kappa shape index (κ3) is 5.16. The molecule has 0 aliphatic carbocycles. The summed E-state index contributed by atoms with van der Waals surface area (Å²) in [5.41, 5.74) is -0.731. The molecule has 2 amide bonds. The van der Waals surface area contributed by atoms with Crippen molar-refractivity contribution in [3.63, 3.8) is 0 Å². The lowest BCUT2D eigenvalue weighted by atomic mass is 10.1. The van der Waals surface area contributed by atoms with Gasteiger partial charge in [-0.05, 0) is 27.2 Å². The topological polar surface area (TPSA) is 72.9 Å². The fourth-order valence-corrected chi connectivity index (χ4v) is 1.34. The van der Waals surface area contributed by atoms with Crippen molar-refractivity contribution in [2.75, 3.05) is 7.11 Å². The highest BCUT2D eigenvalue weighted by Crippen LogP contribution is 2.14. The molecule has 0 rings (SSSR count). The van der Waals surface area contributed by atoms with Gasteiger partial charge in [0, 0.05) is 0 Å². The Labute approximate surface area is 107 Å². The second-order valence-corrected chi connectivity index (χ2v) is 4.82. The lowest BCUT2D eigenvalue weighted by Gasteiger charge is -2.27. The van der Waals surface area contributed by atoms with E-state index in [9.17, 15) is 14.4 Å². The Morgan fingerprint density at radius 3 is 2.22 bits per heavy atom.